The molecule has 6 rings (SSSR count). The molecule has 6 fully saturated rings. The minimum atomic E-state index is -1.84. The summed E-state index contributed by atoms with van der Waals surface area (Å²) in [7, 11) is -1.84. The molecule has 0 spiro atoms. The lowest BCUT2D eigenvalue weighted by molar-refractivity contribution is -0.224. The van der Waals surface area contributed by atoms with Crippen molar-refractivity contribution in [1.29, 1.82) is 0 Å². The number of rotatable bonds is 2. The molecule has 6 aliphatic rings. The van der Waals surface area contributed by atoms with E-state index in [2.05, 4.69) is 47.7 Å². The van der Waals surface area contributed by atoms with Crippen molar-refractivity contribution in [2.24, 2.45) is 52.3 Å². The van der Waals surface area contributed by atoms with Gasteiger partial charge < -0.3 is 9.53 Å². The number of hydrogen-bond acceptors (Lipinski definition) is 3. The molecule has 0 amide bonds. The van der Waals surface area contributed by atoms with Gasteiger partial charge >= 0.3 is 0 Å². The Morgan fingerprint density at radius 3 is 2.42 bits per heavy atom. The van der Waals surface area contributed by atoms with Crippen molar-refractivity contribution in [1.82, 2.24) is 0 Å². The molecular weight excluding hydrogens is 400 g/mol. The maximum atomic E-state index is 13.1. The molecule has 11 atom stereocenters. The minimum Gasteiger partial charge on any atom is -0.414 e. The van der Waals surface area contributed by atoms with Gasteiger partial charge in [-0.15, -0.1) is 0 Å². The molecular formula is C27H44O3Si. The van der Waals surface area contributed by atoms with E-state index in [1.54, 1.807) is 0 Å². The molecule has 174 valence electrons. The summed E-state index contributed by atoms with van der Waals surface area (Å²) < 4.78 is 6.86. The van der Waals surface area contributed by atoms with Gasteiger partial charge in [0.15, 0.2) is 8.32 Å². The van der Waals surface area contributed by atoms with Crippen molar-refractivity contribution in [3.05, 3.63) is 0 Å². The largest absolute Gasteiger partial charge is 0.414 e. The number of hydrogen-bond donors (Lipinski definition) is 1. The van der Waals surface area contributed by atoms with Crippen molar-refractivity contribution < 1.29 is 14.3 Å². The van der Waals surface area contributed by atoms with Crippen LogP contribution < -0.4 is 0 Å². The molecule has 0 heterocycles. The first kappa shape index (κ1) is 21.3. The van der Waals surface area contributed by atoms with Crippen molar-refractivity contribution in [3.8, 4) is 0 Å². The van der Waals surface area contributed by atoms with E-state index in [1.165, 1.54) is 12.8 Å². The van der Waals surface area contributed by atoms with Crippen LogP contribution in [0, 0.1) is 52.3 Å². The van der Waals surface area contributed by atoms with Gasteiger partial charge in [-0.25, -0.2) is 0 Å². The molecule has 3 nitrogen and oxygen atoms in total. The Balaban J connectivity index is 1.29. The molecule has 4 heteroatoms. The monoisotopic (exact) mass is 444 g/mol. The normalized spacial score (nSPS) is 57.4. The second-order valence-electron chi connectivity index (χ2n) is 14.6. The predicted octanol–water partition coefficient (Wildman–Crippen LogP) is 5.82. The summed E-state index contributed by atoms with van der Waals surface area (Å²) in [5.74, 6) is 4.68. The van der Waals surface area contributed by atoms with Crippen molar-refractivity contribution >= 4 is 14.1 Å². The molecule has 1 N–H and O–H groups in total. The quantitative estimate of drug-likeness (QED) is 0.546. The molecule has 0 radical (unpaired) electrons. The number of ketones is 1. The van der Waals surface area contributed by atoms with Gasteiger partial charge in [-0.3, -0.25) is 4.79 Å². The van der Waals surface area contributed by atoms with Crippen LogP contribution in [-0.2, 0) is 9.22 Å². The summed E-state index contributed by atoms with van der Waals surface area (Å²) in [5, 5.41) is 12.6. The Kier molecular flexibility index (Phi) is 4.06. The average molecular weight is 445 g/mol. The SMILES string of the molecule is CC12CCC3C(C1[C@@H]1C[C@@H]1C2=O)[C@H]1C[C@H]1C1(O)C[C@@H](O[Si](C)(C)C(C)(C)C)CC[C@]31C. The maximum absolute atomic E-state index is 13.1. The van der Waals surface area contributed by atoms with E-state index in [0.29, 0.717) is 47.2 Å². The van der Waals surface area contributed by atoms with Crippen LogP contribution in [0.4, 0.5) is 0 Å². The molecule has 0 saturated heterocycles. The van der Waals surface area contributed by atoms with E-state index in [0.717, 1.165) is 32.1 Å². The first-order valence-electron chi connectivity index (χ1n) is 13.2. The van der Waals surface area contributed by atoms with Gasteiger partial charge in [0.05, 0.1) is 5.60 Å². The first-order valence-corrected chi connectivity index (χ1v) is 16.1. The van der Waals surface area contributed by atoms with Crippen molar-refractivity contribution in [2.75, 3.05) is 0 Å². The highest BCUT2D eigenvalue weighted by Crippen LogP contribution is 2.79. The van der Waals surface area contributed by atoms with E-state index in [1.807, 2.05) is 0 Å². The molecule has 6 saturated carbocycles. The average Bonchev–Trinajstić information content (AvgIpc) is 3.55. The van der Waals surface area contributed by atoms with E-state index in [9.17, 15) is 9.90 Å². The van der Waals surface area contributed by atoms with Gasteiger partial charge in [0.2, 0.25) is 0 Å². The van der Waals surface area contributed by atoms with E-state index >= 15 is 0 Å². The summed E-state index contributed by atoms with van der Waals surface area (Å²) in [6.07, 6.45) is 7.83. The lowest BCUT2D eigenvalue weighted by Gasteiger charge is -2.64. The lowest BCUT2D eigenvalue weighted by Crippen LogP contribution is -2.65. The standard InChI is InChI=1S/C27H44O3Si/c1-24(2,3)31(6,7)30-15-8-11-26(5)19-9-10-25(4)22(16-12-17(16)23(25)28)21(19)18-13-20(18)27(26,29)14-15/h15-22,29H,8-14H2,1-7H3/t15-,16+,17-,18-,19?,20+,21?,22?,25?,26+,27?/m0/s1. The molecule has 0 aromatic heterocycles. The Hall–Kier alpha value is -0.193. The van der Waals surface area contributed by atoms with Crippen LogP contribution in [0.15, 0.2) is 0 Å². The predicted molar refractivity (Wildman–Crippen MR) is 125 cm³/mol. The molecule has 0 aliphatic heterocycles. The highest BCUT2D eigenvalue weighted by molar-refractivity contribution is 6.74. The highest BCUT2D eigenvalue weighted by Gasteiger charge is 2.78. The number of aliphatic hydroxyl groups is 1. The van der Waals surface area contributed by atoms with E-state index < -0.39 is 13.9 Å². The van der Waals surface area contributed by atoms with Gasteiger partial charge in [0.25, 0.3) is 0 Å². The third-order valence-corrected chi connectivity index (χ3v) is 16.9. The fourth-order valence-electron chi connectivity index (χ4n) is 9.50. The van der Waals surface area contributed by atoms with Gasteiger partial charge in [0, 0.05) is 23.9 Å². The Morgan fingerprint density at radius 2 is 1.74 bits per heavy atom. The van der Waals surface area contributed by atoms with Gasteiger partial charge in [-0.05, 0) is 97.6 Å². The molecule has 31 heavy (non-hydrogen) atoms. The third-order valence-electron chi connectivity index (χ3n) is 12.3. The van der Waals surface area contributed by atoms with Crippen LogP contribution in [0.2, 0.25) is 18.1 Å². The number of carbonyl (C=O) groups is 1. The molecule has 6 aliphatic carbocycles. The fourth-order valence-corrected chi connectivity index (χ4v) is 10.9. The topological polar surface area (TPSA) is 46.5 Å². The smallest absolute Gasteiger partial charge is 0.192 e. The summed E-state index contributed by atoms with van der Waals surface area (Å²) in [4.78, 5) is 13.1. The first-order chi connectivity index (χ1) is 14.2. The van der Waals surface area contributed by atoms with Gasteiger partial charge in [-0.1, -0.05) is 34.6 Å². The Bertz CT molecular complexity index is 831. The van der Waals surface area contributed by atoms with Crippen LogP contribution >= 0.6 is 0 Å². The Labute approximate surface area is 190 Å². The molecule has 5 unspecified atom stereocenters. The second kappa shape index (κ2) is 5.89. The number of carbonyl (C=O) groups excluding carboxylic acids is 1. The van der Waals surface area contributed by atoms with Gasteiger partial charge in [0.1, 0.15) is 5.78 Å². The van der Waals surface area contributed by atoms with Crippen molar-refractivity contribution in [2.45, 2.75) is 109 Å². The minimum absolute atomic E-state index is 0.0000213. The number of fused-ring (bicyclic) bond motifs is 10. The third kappa shape index (κ3) is 2.51. The van der Waals surface area contributed by atoms with Crippen LogP contribution in [-0.4, -0.2) is 30.9 Å². The summed E-state index contributed by atoms with van der Waals surface area (Å²) >= 11 is 0. The zero-order valence-corrected chi connectivity index (χ0v) is 21.8. The van der Waals surface area contributed by atoms with Crippen LogP contribution in [0.5, 0.6) is 0 Å². The van der Waals surface area contributed by atoms with Crippen LogP contribution in [0.3, 0.4) is 0 Å². The highest BCUT2D eigenvalue weighted by atomic mass is 28.4. The fraction of sp³-hybridized carbons (Fsp3) is 0.963. The zero-order valence-electron chi connectivity index (χ0n) is 20.8. The molecule has 0 aromatic carbocycles. The Morgan fingerprint density at radius 1 is 1.03 bits per heavy atom. The van der Waals surface area contributed by atoms with E-state index in [4.69, 9.17) is 4.43 Å². The number of Topliss-reactive ketones (excluding diaryl/α,β-unsaturated/α-hetero) is 1. The van der Waals surface area contributed by atoms with E-state index in [-0.39, 0.29) is 22.0 Å². The van der Waals surface area contributed by atoms with Crippen molar-refractivity contribution in [3.63, 3.8) is 0 Å². The summed E-state index contributed by atoms with van der Waals surface area (Å²) in [6.45, 7) is 16.4. The zero-order chi connectivity index (χ0) is 22.4. The second-order valence-corrected chi connectivity index (χ2v) is 19.4. The van der Waals surface area contributed by atoms with Crippen LogP contribution in [0.25, 0.3) is 0 Å². The lowest BCUT2D eigenvalue weighted by atomic mass is 9.43. The van der Waals surface area contributed by atoms with Gasteiger partial charge in [-0.2, -0.15) is 0 Å². The summed E-state index contributed by atoms with van der Waals surface area (Å²) in [6, 6.07) is 0. The molecule has 0 aromatic rings. The molecule has 0 bridgehead atoms. The van der Waals surface area contributed by atoms with Crippen LogP contribution in [0.1, 0.15) is 79.6 Å². The summed E-state index contributed by atoms with van der Waals surface area (Å²) in [5.41, 5.74) is -0.611. The maximum Gasteiger partial charge on any atom is 0.192 e.